The first kappa shape index (κ1) is 12.4. The molecule has 0 saturated heterocycles. The van der Waals surface area contributed by atoms with E-state index in [0.717, 1.165) is 5.75 Å². The standard InChI is InChI=1S/C14H21NO2/c1-3-16-10-17-12-8-7-11-5-4-6-14(15-2)13(11)9-12/h7-9,14-15H,3-6,10H2,1-2H3. The number of aryl methyl sites for hydroxylation is 1. The minimum atomic E-state index is 0.333. The maximum absolute atomic E-state index is 5.56. The molecule has 0 aliphatic heterocycles. The van der Waals surface area contributed by atoms with Crippen LogP contribution in [0.15, 0.2) is 18.2 Å². The highest BCUT2D eigenvalue weighted by molar-refractivity contribution is 5.39. The van der Waals surface area contributed by atoms with E-state index in [2.05, 4.69) is 17.4 Å². The molecule has 0 radical (unpaired) electrons. The number of hydrogen-bond donors (Lipinski definition) is 1. The summed E-state index contributed by atoms with van der Waals surface area (Å²) in [6.45, 7) is 2.98. The lowest BCUT2D eigenvalue weighted by Gasteiger charge is -2.25. The van der Waals surface area contributed by atoms with Crippen LogP contribution in [-0.4, -0.2) is 20.4 Å². The lowest BCUT2D eigenvalue weighted by molar-refractivity contribution is 0.0223. The van der Waals surface area contributed by atoms with Crippen LogP contribution in [0.4, 0.5) is 0 Å². The van der Waals surface area contributed by atoms with Crippen molar-refractivity contribution in [3.8, 4) is 5.75 Å². The summed E-state index contributed by atoms with van der Waals surface area (Å²) in [5.41, 5.74) is 2.83. The number of rotatable bonds is 5. The molecule has 1 atom stereocenters. The Morgan fingerprint density at radius 1 is 1.41 bits per heavy atom. The third-order valence-electron chi connectivity index (χ3n) is 3.29. The number of nitrogens with one attached hydrogen (secondary N) is 1. The van der Waals surface area contributed by atoms with Crippen molar-refractivity contribution in [2.45, 2.75) is 32.2 Å². The summed E-state index contributed by atoms with van der Waals surface area (Å²) in [4.78, 5) is 0. The molecule has 1 aliphatic rings. The Morgan fingerprint density at radius 3 is 3.06 bits per heavy atom. The first-order valence-electron chi connectivity index (χ1n) is 6.35. The van der Waals surface area contributed by atoms with Crippen molar-refractivity contribution in [1.29, 1.82) is 0 Å². The highest BCUT2D eigenvalue weighted by atomic mass is 16.7. The monoisotopic (exact) mass is 235 g/mol. The molecule has 0 spiro atoms. The zero-order chi connectivity index (χ0) is 12.1. The molecule has 1 aromatic carbocycles. The highest BCUT2D eigenvalue weighted by Gasteiger charge is 2.18. The van der Waals surface area contributed by atoms with Crippen LogP contribution >= 0.6 is 0 Å². The summed E-state index contributed by atoms with van der Waals surface area (Å²) in [6, 6.07) is 6.83. The van der Waals surface area contributed by atoms with Gasteiger partial charge in [-0.3, -0.25) is 0 Å². The van der Waals surface area contributed by atoms with Crippen LogP contribution in [0.3, 0.4) is 0 Å². The Labute approximate surface area is 103 Å². The van der Waals surface area contributed by atoms with E-state index in [4.69, 9.17) is 9.47 Å². The van der Waals surface area contributed by atoms with Gasteiger partial charge < -0.3 is 14.8 Å². The summed E-state index contributed by atoms with van der Waals surface area (Å²) in [5.74, 6) is 0.902. The van der Waals surface area contributed by atoms with Gasteiger partial charge in [0.2, 0.25) is 0 Å². The smallest absolute Gasteiger partial charge is 0.189 e. The van der Waals surface area contributed by atoms with Crippen molar-refractivity contribution < 1.29 is 9.47 Å². The molecular formula is C14H21NO2. The Bertz CT molecular complexity index is 365. The van der Waals surface area contributed by atoms with Gasteiger partial charge in [-0.1, -0.05) is 6.07 Å². The molecule has 3 heteroatoms. The minimum Gasteiger partial charge on any atom is -0.468 e. The van der Waals surface area contributed by atoms with E-state index < -0.39 is 0 Å². The van der Waals surface area contributed by atoms with E-state index in [1.165, 1.54) is 30.4 Å². The van der Waals surface area contributed by atoms with E-state index in [0.29, 0.717) is 19.4 Å². The van der Waals surface area contributed by atoms with Gasteiger partial charge in [0.1, 0.15) is 5.75 Å². The zero-order valence-electron chi connectivity index (χ0n) is 10.7. The average molecular weight is 235 g/mol. The normalized spacial score (nSPS) is 18.8. The van der Waals surface area contributed by atoms with Crippen molar-refractivity contribution in [3.05, 3.63) is 29.3 Å². The number of benzene rings is 1. The largest absolute Gasteiger partial charge is 0.468 e. The number of fused-ring (bicyclic) bond motifs is 1. The van der Waals surface area contributed by atoms with Crippen LogP contribution in [0.1, 0.15) is 36.9 Å². The fraction of sp³-hybridized carbons (Fsp3) is 0.571. The second-order valence-electron chi connectivity index (χ2n) is 4.35. The predicted molar refractivity (Wildman–Crippen MR) is 68.3 cm³/mol. The minimum absolute atomic E-state index is 0.333. The Kier molecular flexibility index (Phi) is 4.40. The summed E-state index contributed by atoms with van der Waals surface area (Å²) >= 11 is 0. The SMILES string of the molecule is CCOCOc1ccc2c(c1)C(NC)CCC2. The molecule has 0 heterocycles. The van der Waals surface area contributed by atoms with Gasteiger partial charge in [0.15, 0.2) is 6.79 Å². The number of ether oxygens (including phenoxy) is 2. The number of hydrogen-bond acceptors (Lipinski definition) is 3. The molecule has 17 heavy (non-hydrogen) atoms. The molecule has 1 N–H and O–H groups in total. The zero-order valence-corrected chi connectivity index (χ0v) is 10.7. The Morgan fingerprint density at radius 2 is 2.29 bits per heavy atom. The fourth-order valence-electron chi connectivity index (χ4n) is 2.36. The topological polar surface area (TPSA) is 30.5 Å². The van der Waals surface area contributed by atoms with Crippen molar-refractivity contribution >= 4 is 0 Å². The van der Waals surface area contributed by atoms with Gasteiger partial charge in [0.05, 0.1) is 0 Å². The first-order chi connectivity index (χ1) is 8.35. The van der Waals surface area contributed by atoms with Crippen LogP contribution in [0.25, 0.3) is 0 Å². The molecule has 1 aliphatic carbocycles. The van der Waals surface area contributed by atoms with Crippen LogP contribution in [0.2, 0.25) is 0 Å². The summed E-state index contributed by atoms with van der Waals surface area (Å²) in [7, 11) is 2.02. The van der Waals surface area contributed by atoms with E-state index in [1.54, 1.807) is 0 Å². The van der Waals surface area contributed by atoms with Crippen LogP contribution < -0.4 is 10.1 Å². The van der Waals surface area contributed by atoms with Crippen molar-refractivity contribution in [2.75, 3.05) is 20.4 Å². The highest BCUT2D eigenvalue weighted by Crippen LogP contribution is 2.32. The molecule has 94 valence electrons. The maximum atomic E-state index is 5.56. The molecular weight excluding hydrogens is 214 g/mol. The van der Waals surface area contributed by atoms with E-state index in [-0.39, 0.29) is 0 Å². The third-order valence-corrected chi connectivity index (χ3v) is 3.29. The third kappa shape index (κ3) is 2.99. The molecule has 0 amide bonds. The molecule has 0 aromatic heterocycles. The Hall–Kier alpha value is -1.06. The van der Waals surface area contributed by atoms with Crippen LogP contribution in [0.5, 0.6) is 5.75 Å². The molecule has 1 unspecified atom stereocenters. The van der Waals surface area contributed by atoms with Gasteiger partial charge >= 0.3 is 0 Å². The molecule has 3 nitrogen and oxygen atoms in total. The fourth-order valence-corrected chi connectivity index (χ4v) is 2.36. The Balaban J connectivity index is 2.10. The summed E-state index contributed by atoms with van der Waals surface area (Å²) < 4.78 is 10.8. The second kappa shape index (κ2) is 6.03. The van der Waals surface area contributed by atoms with Crippen LogP contribution in [-0.2, 0) is 11.2 Å². The maximum Gasteiger partial charge on any atom is 0.189 e. The van der Waals surface area contributed by atoms with Crippen LogP contribution in [0, 0.1) is 0 Å². The van der Waals surface area contributed by atoms with E-state index >= 15 is 0 Å². The van der Waals surface area contributed by atoms with Gasteiger partial charge in [-0.15, -0.1) is 0 Å². The van der Waals surface area contributed by atoms with Gasteiger partial charge in [-0.05, 0) is 56.5 Å². The van der Waals surface area contributed by atoms with Crippen molar-refractivity contribution in [3.63, 3.8) is 0 Å². The second-order valence-corrected chi connectivity index (χ2v) is 4.35. The molecule has 2 rings (SSSR count). The summed E-state index contributed by atoms with van der Waals surface area (Å²) in [5, 5.41) is 3.37. The molecule has 1 aromatic rings. The van der Waals surface area contributed by atoms with Gasteiger partial charge in [0, 0.05) is 12.6 Å². The lowest BCUT2D eigenvalue weighted by atomic mass is 9.87. The van der Waals surface area contributed by atoms with Crippen molar-refractivity contribution in [2.24, 2.45) is 0 Å². The predicted octanol–water partition coefficient (Wildman–Crippen LogP) is 2.66. The molecule has 0 saturated carbocycles. The van der Waals surface area contributed by atoms with E-state index in [9.17, 15) is 0 Å². The lowest BCUT2D eigenvalue weighted by Crippen LogP contribution is -2.21. The summed E-state index contributed by atoms with van der Waals surface area (Å²) in [6.07, 6.45) is 3.65. The molecule has 0 bridgehead atoms. The first-order valence-corrected chi connectivity index (χ1v) is 6.35. The van der Waals surface area contributed by atoms with E-state index in [1.807, 2.05) is 20.0 Å². The van der Waals surface area contributed by atoms with Gasteiger partial charge in [0.25, 0.3) is 0 Å². The van der Waals surface area contributed by atoms with Gasteiger partial charge in [-0.25, -0.2) is 0 Å². The van der Waals surface area contributed by atoms with Crippen molar-refractivity contribution in [1.82, 2.24) is 5.32 Å². The molecule has 0 fully saturated rings. The quantitative estimate of drug-likeness (QED) is 0.628. The van der Waals surface area contributed by atoms with Gasteiger partial charge in [-0.2, -0.15) is 0 Å². The average Bonchev–Trinajstić information content (AvgIpc) is 2.38.